The fraction of sp³-hybridized carbons (Fsp3) is 0.778. The second-order valence-electron chi connectivity index (χ2n) is 6.65. The molecule has 7 heteroatoms. The maximum Gasteiger partial charge on any atom is 0.190 e. The number of nitrogens with zero attached hydrogens (tertiary/aromatic N) is 3. The molecule has 0 bridgehead atoms. The molecular weight excluding hydrogens is 445 g/mol. The monoisotopic (exact) mass is 479 g/mol. The molecule has 1 saturated heterocycles. The van der Waals surface area contributed by atoms with Crippen molar-refractivity contribution in [1.29, 1.82) is 0 Å². The van der Waals surface area contributed by atoms with E-state index in [1.165, 1.54) is 48.8 Å². The second-order valence-corrected chi connectivity index (χ2v) is 7.85. The molecule has 0 radical (unpaired) electrons. The van der Waals surface area contributed by atoms with Gasteiger partial charge in [0.25, 0.3) is 0 Å². The highest BCUT2D eigenvalue weighted by molar-refractivity contribution is 14.0. The first-order chi connectivity index (χ1) is 11.7. The lowest BCUT2D eigenvalue weighted by Gasteiger charge is -2.30. The van der Waals surface area contributed by atoms with E-state index in [1.807, 2.05) is 24.6 Å². The number of aliphatic imine (C=N–C) groups is 1. The van der Waals surface area contributed by atoms with E-state index < -0.39 is 0 Å². The van der Waals surface area contributed by atoms with Gasteiger partial charge in [0, 0.05) is 44.2 Å². The van der Waals surface area contributed by atoms with Gasteiger partial charge in [-0.25, -0.2) is 4.98 Å². The number of piperidine rings is 1. The predicted molar refractivity (Wildman–Crippen MR) is 119 cm³/mol. The van der Waals surface area contributed by atoms with Crippen molar-refractivity contribution in [2.75, 3.05) is 39.8 Å². The smallest absolute Gasteiger partial charge is 0.190 e. The molecule has 0 saturated carbocycles. The highest BCUT2D eigenvalue weighted by Gasteiger charge is 2.15. The molecule has 2 rings (SSSR count). The van der Waals surface area contributed by atoms with E-state index in [4.69, 9.17) is 0 Å². The summed E-state index contributed by atoms with van der Waals surface area (Å²) in [5.74, 6) is 1.76. The molecule has 5 nitrogen and oxygen atoms in total. The van der Waals surface area contributed by atoms with Gasteiger partial charge in [-0.05, 0) is 44.7 Å². The van der Waals surface area contributed by atoms with E-state index in [1.54, 1.807) is 0 Å². The number of thiazole rings is 1. The standard InChI is InChI=1S/C18H33N5S.HI/c1-4-16-13-22-17(24-16)8-10-21-18(19-3)20-9-6-12-23-11-5-7-15(2)14-23;/h13,15H,4-12,14H2,1-3H3,(H2,19,20,21);1H. The number of likely N-dealkylation sites (tertiary alicyclic amines) is 1. The van der Waals surface area contributed by atoms with E-state index in [-0.39, 0.29) is 24.0 Å². The van der Waals surface area contributed by atoms with Crippen molar-refractivity contribution in [3.05, 3.63) is 16.1 Å². The zero-order valence-electron chi connectivity index (χ0n) is 15.9. The number of halogens is 1. The fourth-order valence-corrected chi connectivity index (χ4v) is 4.00. The third kappa shape index (κ3) is 8.68. The number of aromatic nitrogens is 1. The molecular formula is C18H34IN5S. The van der Waals surface area contributed by atoms with Crippen molar-refractivity contribution in [2.24, 2.45) is 10.9 Å². The SMILES string of the molecule is CCc1cnc(CCNC(=NC)NCCCN2CCCC(C)C2)s1.I. The van der Waals surface area contributed by atoms with Gasteiger partial charge in [-0.3, -0.25) is 4.99 Å². The normalized spacial score (nSPS) is 18.7. The fourth-order valence-electron chi connectivity index (χ4n) is 3.13. The summed E-state index contributed by atoms with van der Waals surface area (Å²) in [5, 5.41) is 8.00. The largest absolute Gasteiger partial charge is 0.356 e. The zero-order valence-corrected chi connectivity index (χ0v) is 19.0. The lowest BCUT2D eigenvalue weighted by Crippen LogP contribution is -2.40. The van der Waals surface area contributed by atoms with Crippen LogP contribution in [0.1, 0.15) is 43.0 Å². The molecule has 0 spiro atoms. The van der Waals surface area contributed by atoms with E-state index >= 15 is 0 Å². The van der Waals surface area contributed by atoms with Crippen LogP contribution in [0.5, 0.6) is 0 Å². The number of hydrogen-bond acceptors (Lipinski definition) is 4. The maximum absolute atomic E-state index is 4.46. The number of nitrogens with one attached hydrogen (secondary N) is 2. The molecule has 0 aliphatic carbocycles. The molecule has 0 aromatic carbocycles. The topological polar surface area (TPSA) is 52.6 Å². The highest BCUT2D eigenvalue weighted by atomic mass is 127. The van der Waals surface area contributed by atoms with Crippen LogP contribution in [-0.4, -0.2) is 55.6 Å². The zero-order chi connectivity index (χ0) is 17.2. The summed E-state index contributed by atoms with van der Waals surface area (Å²) in [6, 6.07) is 0. The van der Waals surface area contributed by atoms with Gasteiger partial charge >= 0.3 is 0 Å². The lowest BCUT2D eigenvalue weighted by atomic mass is 10.0. The Labute approximate surface area is 174 Å². The summed E-state index contributed by atoms with van der Waals surface area (Å²) in [5.41, 5.74) is 0. The van der Waals surface area contributed by atoms with Crippen molar-refractivity contribution < 1.29 is 0 Å². The summed E-state index contributed by atoms with van der Waals surface area (Å²) < 4.78 is 0. The van der Waals surface area contributed by atoms with Crippen molar-refractivity contribution >= 4 is 41.3 Å². The molecule has 25 heavy (non-hydrogen) atoms. The van der Waals surface area contributed by atoms with Crippen molar-refractivity contribution in [2.45, 2.75) is 46.0 Å². The molecule has 1 unspecified atom stereocenters. The molecule has 1 atom stereocenters. The Morgan fingerprint density at radius 2 is 2.20 bits per heavy atom. The molecule has 1 aromatic rings. The number of rotatable bonds is 8. The Kier molecular flexibility index (Phi) is 11.6. The molecule has 1 aliphatic heterocycles. The lowest BCUT2D eigenvalue weighted by molar-refractivity contribution is 0.182. The predicted octanol–water partition coefficient (Wildman–Crippen LogP) is 3.15. The third-order valence-corrected chi connectivity index (χ3v) is 5.69. The summed E-state index contributed by atoms with van der Waals surface area (Å²) in [6.45, 7) is 10.1. The summed E-state index contributed by atoms with van der Waals surface area (Å²) in [7, 11) is 1.83. The molecule has 1 fully saturated rings. The molecule has 1 aliphatic rings. The van der Waals surface area contributed by atoms with Crippen LogP contribution in [0.4, 0.5) is 0 Å². The molecule has 144 valence electrons. The van der Waals surface area contributed by atoms with E-state index in [9.17, 15) is 0 Å². The number of aryl methyl sites for hydroxylation is 1. The molecule has 1 aromatic heterocycles. The molecule has 2 N–H and O–H groups in total. The van der Waals surface area contributed by atoms with Gasteiger partial charge in [-0.15, -0.1) is 35.3 Å². The molecule has 0 amide bonds. The van der Waals surface area contributed by atoms with Gasteiger partial charge in [0.15, 0.2) is 5.96 Å². The Morgan fingerprint density at radius 1 is 1.40 bits per heavy atom. The van der Waals surface area contributed by atoms with Crippen LogP contribution in [0.2, 0.25) is 0 Å². The average Bonchev–Trinajstić information content (AvgIpc) is 3.05. The summed E-state index contributed by atoms with van der Waals surface area (Å²) in [6.07, 6.45) is 7.94. The minimum absolute atomic E-state index is 0. The number of hydrogen-bond donors (Lipinski definition) is 2. The first-order valence-electron chi connectivity index (χ1n) is 9.31. The minimum Gasteiger partial charge on any atom is -0.356 e. The van der Waals surface area contributed by atoms with E-state index in [2.05, 4.69) is 39.4 Å². The quantitative estimate of drug-likeness (QED) is 0.260. The Morgan fingerprint density at radius 3 is 2.88 bits per heavy atom. The van der Waals surface area contributed by atoms with Gasteiger partial charge in [0.1, 0.15) is 0 Å². The van der Waals surface area contributed by atoms with Crippen LogP contribution >= 0.6 is 35.3 Å². The van der Waals surface area contributed by atoms with Gasteiger partial charge in [0.2, 0.25) is 0 Å². The van der Waals surface area contributed by atoms with Crippen LogP contribution in [-0.2, 0) is 12.8 Å². The van der Waals surface area contributed by atoms with Crippen LogP contribution in [0.15, 0.2) is 11.2 Å². The van der Waals surface area contributed by atoms with Gasteiger partial charge < -0.3 is 15.5 Å². The molecule has 2 heterocycles. The Bertz CT molecular complexity index is 505. The second kappa shape index (κ2) is 12.9. The van der Waals surface area contributed by atoms with Crippen LogP contribution < -0.4 is 10.6 Å². The maximum atomic E-state index is 4.46. The Balaban J connectivity index is 0.00000312. The minimum atomic E-state index is 0. The first kappa shape index (κ1) is 22.6. The van der Waals surface area contributed by atoms with E-state index in [0.717, 1.165) is 37.8 Å². The first-order valence-corrected chi connectivity index (χ1v) is 10.1. The van der Waals surface area contributed by atoms with Crippen molar-refractivity contribution in [3.63, 3.8) is 0 Å². The van der Waals surface area contributed by atoms with Crippen molar-refractivity contribution in [3.8, 4) is 0 Å². The van der Waals surface area contributed by atoms with Gasteiger partial charge in [0.05, 0.1) is 5.01 Å². The average molecular weight is 479 g/mol. The van der Waals surface area contributed by atoms with Gasteiger partial charge in [-0.2, -0.15) is 0 Å². The van der Waals surface area contributed by atoms with Crippen molar-refractivity contribution in [1.82, 2.24) is 20.5 Å². The highest BCUT2D eigenvalue weighted by Crippen LogP contribution is 2.15. The van der Waals surface area contributed by atoms with Gasteiger partial charge in [-0.1, -0.05) is 13.8 Å². The van der Waals surface area contributed by atoms with Crippen LogP contribution in [0, 0.1) is 5.92 Å². The van der Waals surface area contributed by atoms with Crippen LogP contribution in [0.25, 0.3) is 0 Å². The number of guanidine groups is 1. The van der Waals surface area contributed by atoms with E-state index in [0.29, 0.717) is 0 Å². The van der Waals surface area contributed by atoms with Crippen LogP contribution in [0.3, 0.4) is 0 Å². The summed E-state index contributed by atoms with van der Waals surface area (Å²) >= 11 is 1.81. The third-order valence-electron chi connectivity index (χ3n) is 4.49. The Hall–Kier alpha value is -0.410. The summed E-state index contributed by atoms with van der Waals surface area (Å²) in [4.78, 5) is 12.7.